The van der Waals surface area contributed by atoms with Gasteiger partial charge in [-0.05, 0) is 12.8 Å². The Hall–Kier alpha value is 0.110. The summed E-state index contributed by atoms with van der Waals surface area (Å²) in [6.45, 7) is 5.40. The number of nitrogens with two attached hydrogens (primary N) is 1. The van der Waals surface area contributed by atoms with E-state index in [4.69, 9.17) is 5.50 Å². The van der Waals surface area contributed by atoms with Crippen LogP contribution in [0.1, 0.15) is 46.0 Å². The molecule has 0 aromatic carbocycles. The van der Waals surface area contributed by atoms with Crippen LogP contribution >= 0.6 is 7.59 Å². The van der Waals surface area contributed by atoms with E-state index in [-0.39, 0.29) is 0 Å². The summed E-state index contributed by atoms with van der Waals surface area (Å²) in [7, 11) is -2.79. The molecule has 0 spiro atoms. The highest BCUT2D eigenvalue weighted by atomic mass is 31.2. The molecule has 0 radical (unpaired) electrons. The van der Waals surface area contributed by atoms with Gasteiger partial charge in [-0.1, -0.05) is 33.1 Å². The van der Waals surface area contributed by atoms with E-state index in [2.05, 4.69) is 5.09 Å². The zero-order valence-electron chi connectivity index (χ0n) is 9.91. The fourth-order valence-electron chi connectivity index (χ4n) is 2.41. The number of hydrogen-bond donors (Lipinski definition) is 2. The Bertz CT molecular complexity index is 229. The van der Waals surface area contributed by atoms with Crippen LogP contribution in [0.5, 0.6) is 0 Å². The largest absolute Gasteiger partial charge is 0.279 e. The van der Waals surface area contributed by atoms with Crippen LogP contribution in [0.4, 0.5) is 0 Å². The summed E-state index contributed by atoms with van der Waals surface area (Å²) in [6, 6.07) is 0.415. The Morgan fingerprint density at radius 1 is 1.33 bits per heavy atom. The summed E-state index contributed by atoms with van der Waals surface area (Å²) >= 11 is 0. The highest BCUT2D eigenvalue weighted by molar-refractivity contribution is 7.56. The maximum absolute atomic E-state index is 12.2. The molecule has 15 heavy (non-hydrogen) atoms. The van der Waals surface area contributed by atoms with Gasteiger partial charge < -0.3 is 0 Å². The Morgan fingerprint density at radius 2 is 1.93 bits per heavy atom. The van der Waals surface area contributed by atoms with Crippen molar-refractivity contribution in [2.75, 3.05) is 13.1 Å². The average Bonchev–Trinajstić information content (AvgIpc) is 2.19. The van der Waals surface area contributed by atoms with Gasteiger partial charge in [0.1, 0.15) is 0 Å². The molecule has 1 aliphatic carbocycles. The third-order valence-corrected chi connectivity index (χ3v) is 5.23. The van der Waals surface area contributed by atoms with Crippen molar-refractivity contribution in [3.63, 3.8) is 0 Å². The topological polar surface area (TPSA) is 58.4 Å². The lowest BCUT2D eigenvalue weighted by Gasteiger charge is -2.36. The minimum atomic E-state index is -2.79. The lowest BCUT2D eigenvalue weighted by Crippen LogP contribution is -2.40. The Labute approximate surface area is 93.1 Å². The molecular weight excluding hydrogens is 209 g/mol. The molecule has 4 nitrogen and oxygen atoms in total. The Kier molecular flexibility index (Phi) is 5.27. The van der Waals surface area contributed by atoms with Gasteiger partial charge in [0.05, 0.1) is 0 Å². The first-order valence-corrected chi connectivity index (χ1v) is 7.75. The fourth-order valence-corrected chi connectivity index (χ4v) is 4.18. The van der Waals surface area contributed by atoms with Gasteiger partial charge in [0.15, 0.2) is 0 Å². The van der Waals surface area contributed by atoms with Crippen molar-refractivity contribution in [3.05, 3.63) is 0 Å². The first-order valence-electron chi connectivity index (χ1n) is 6.02. The van der Waals surface area contributed by atoms with E-state index in [9.17, 15) is 4.57 Å². The maximum atomic E-state index is 12.2. The van der Waals surface area contributed by atoms with Gasteiger partial charge >= 0.3 is 0 Å². The number of hydrogen-bond acceptors (Lipinski definition) is 1. The van der Waals surface area contributed by atoms with Crippen LogP contribution in [0, 0.1) is 0 Å². The van der Waals surface area contributed by atoms with Crippen molar-refractivity contribution in [2.45, 2.75) is 52.0 Å². The molecule has 90 valence electrons. The van der Waals surface area contributed by atoms with E-state index in [0.29, 0.717) is 12.6 Å². The lowest BCUT2D eigenvalue weighted by molar-refractivity contribution is 0.256. The third kappa shape index (κ3) is 3.56. The van der Waals surface area contributed by atoms with Crippen LogP contribution in [0.3, 0.4) is 0 Å². The lowest BCUT2D eigenvalue weighted by atomic mass is 9.95. The monoisotopic (exact) mass is 233 g/mol. The van der Waals surface area contributed by atoms with Crippen molar-refractivity contribution in [2.24, 2.45) is 5.50 Å². The Balaban J connectivity index is 2.64. The normalized spacial score (nSPS) is 22.9. The second-order valence-corrected chi connectivity index (χ2v) is 6.26. The molecule has 0 bridgehead atoms. The van der Waals surface area contributed by atoms with E-state index in [1.165, 1.54) is 19.3 Å². The van der Waals surface area contributed by atoms with E-state index in [1.54, 1.807) is 0 Å². The molecule has 1 aliphatic rings. The molecule has 1 fully saturated rings. The first-order chi connectivity index (χ1) is 7.11. The second-order valence-electron chi connectivity index (χ2n) is 4.18. The first kappa shape index (κ1) is 13.2. The molecule has 0 amide bonds. The zero-order chi connectivity index (χ0) is 11.3. The number of nitrogens with zero attached hydrogens (tertiary/aromatic N) is 1. The van der Waals surface area contributed by atoms with Gasteiger partial charge in [-0.25, -0.2) is 9.76 Å². The smallest absolute Gasteiger partial charge is 0.271 e. The highest BCUT2D eigenvalue weighted by Crippen LogP contribution is 2.41. The average molecular weight is 233 g/mol. The van der Waals surface area contributed by atoms with E-state index in [0.717, 1.165) is 19.4 Å². The molecule has 0 aliphatic heterocycles. The SMILES string of the molecule is CCNP(N)(=O)N(CC)C1CCCCC1. The second kappa shape index (κ2) is 6.00. The predicted molar refractivity (Wildman–Crippen MR) is 64.7 cm³/mol. The van der Waals surface area contributed by atoms with Crippen molar-refractivity contribution in [1.82, 2.24) is 9.76 Å². The Morgan fingerprint density at radius 3 is 2.40 bits per heavy atom. The molecule has 0 saturated heterocycles. The molecule has 0 aromatic heterocycles. The van der Waals surface area contributed by atoms with E-state index >= 15 is 0 Å². The quantitative estimate of drug-likeness (QED) is 0.715. The molecule has 0 aromatic rings. The van der Waals surface area contributed by atoms with Crippen LogP contribution in [0.15, 0.2) is 0 Å². The fraction of sp³-hybridized carbons (Fsp3) is 1.00. The maximum Gasteiger partial charge on any atom is 0.279 e. The zero-order valence-corrected chi connectivity index (χ0v) is 10.8. The van der Waals surface area contributed by atoms with Crippen molar-refractivity contribution in [3.8, 4) is 0 Å². The molecular formula is C10H24N3OP. The van der Waals surface area contributed by atoms with Gasteiger partial charge in [-0.15, -0.1) is 0 Å². The van der Waals surface area contributed by atoms with Crippen LogP contribution in [0.25, 0.3) is 0 Å². The van der Waals surface area contributed by atoms with E-state index < -0.39 is 7.59 Å². The standard InChI is InChI=1S/C10H24N3OP/c1-3-12-15(11,14)13(4-2)10-8-6-5-7-9-10/h10H,3-9H2,1-2H3,(H3,11,12,14). The minimum Gasteiger partial charge on any atom is -0.271 e. The molecule has 3 N–H and O–H groups in total. The molecule has 1 unspecified atom stereocenters. The summed E-state index contributed by atoms with van der Waals surface area (Å²) in [5, 5.41) is 2.93. The molecule has 1 atom stereocenters. The molecule has 1 saturated carbocycles. The van der Waals surface area contributed by atoms with Crippen molar-refractivity contribution in [1.29, 1.82) is 0 Å². The van der Waals surface area contributed by atoms with Gasteiger partial charge in [-0.3, -0.25) is 10.1 Å². The number of rotatable bonds is 5. The van der Waals surface area contributed by atoms with Crippen molar-refractivity contribution >= 4 is 7.59 Å². The minimum absolute atomic E-state index is 0.415. The highest BCUT2D eigenvalue weighted by Gasteiger charge is 2.31. The van der Waals surface area contributed by atoms with Gasteiger partial charge in [-0.2, -0.15) is 0 Å². The van der Waals surface area contributed by atoms with Gasteiger partial charge in [0, 0.05) is 19.1 Å². The summed E-state index contributed by atoms with van der Waals surface area (Å²) in [5.74, 6) is 0. The van der Waals surface area contributed by atoms with Crippen LogP contribution in [-0.4, -0.2) is 23.8 Å². The van der Waals surface area contributed by atoms with Crippen LogP contribution in [0.2, 0.25) is 0 Å². The van der Waals surface area contributed by atoms with Crippen LogP contribution < -0.4 is 10.6 Å². The summed E-state index contributed by atoms with van der Waals surface area (Å²) in [6.07, 6.45) is 6.07. The third-order valence-electron chi connectivity index (χ3n) is 3.09. The molecule has 5 heteroatoms. The van der Waals surface area contributed by atoms with Gasteiger partial charge in [0.2, 0.25) is 0 Å². The molecule has 1 rings (SSSR count). The van der Waals surface area contributed by atoms with E-state index in [1.807, 2.05) is 18.5 Å². The van der Waals surface area contributed by atoms with Gasteiger partial charge in [0.25, 0.3) is 7.59 Å². The summed E-state index contributed by atoms with van der Waals surface area (Å²) in [5.41, 5.74) is 5.88. The summed E-state index contributed by atoms with van der Waals surface area (Å²) in [4.78, 5) is 0. The predicted octanol–water partition coefficient (Wildman–Crippen LogP) is 2.32. The van der Waals surface area contributed by atoms with Crippen LogP contribution in [-0.2, 0) is 4.57 Å². The van der Waals surface area contributed by atoms with Crippen molar-refractivity contribution < 1.29 is 4.57 Å². The molecule has 0 heterocycles. The summed E-state index contributed by atoms with van der Waals surface area (Å²) < 4.78 is 14.2. The number of nitrogens with one attached hydrogen (secondary N) is 1.